The second-order valence-electron chi connectivity index (χ2n) is 9.01. The fourth-order valence-electron chi connectivity index (χ4n) is 4.33. The third-order valence-electron chi connectivity index (χ3n) is 6.44. The molecule has 192 valence electrons. The molecule has 0 saturated carbocycles. The van der Waals surface area contributed by atoms with Gasteiger partial charge in [-0.1, -0.05) is 38.7 Å². The number of ketones is 1. The van der Waals surface area contributed by atoms with Gasteiger partial charge in [0.1, 0.15) is 17.4 Å². The Morgan fingerprint density at radius 3 is 2.54 bits per heavy atom. The van der Waals surface area contributed by atoms with Gasteiger partial charge in [-0.3, -0.25) is 14.2 Å². The van der Waals surface area contributed by atoms with Crippen molar-refractivity contribution in [2.24, 2.45) is 0 Å². The number of benzene rings is 2. The normalized spacial score (nSPS) is 11.8. The monoisotopic (exact) mass is 502 g/mol. The maximum Gasteiger partial charge on any atom is 0.271 e. The van der Waals surface area contributed by atoms with Gasteiger partial charge < -0.3 is 19.3 Å². The lowest BCUT2D eigenvalue weighted by Crippen LogP contribution is -2.27. The van der Waals surface area contributed by atoms with Crippen molar-refractivity contribution in [2.45, 2.75) is 52.5 Å². The van der Waals surface area contributed by atoms with E-state index in [2.05, 4.69) is 6.92 Å². The molecule has 1 aliphatic rings. The van der Waals surface area contributed by atoms with E-state index in [1.54, 1.807) is 42.5 Å². The van der Waals surface area contributed by atoms with Crippen molar-refractivity contribution in [3.63, 3.8) is 0 Å². The molecule has 1 aromatic heterocycles. The number of fused-ring (bicyclic) bond motifs is 1. The largest absolute Gasteiger partial charge is 0.494 e. The number of carbonyl (C=O) groups is 1. The molecular formula is C29H30N2O6. The highest BCUT2D eigenvalue weighted by molar-refractivity contribution is 6.11. The molecule has 8 nitrogen and oxygen atoms in total. The van der Waals surface area contributed by atoms with Gasteiger partial charge in [-0.05, 0) is 60.9 Å². The quantitative estimate of drug-likeness (QED) is 0.287. The summed E-state index contributed by atoms with van der Waals surface area (Å²) in [7, 11) is 0. The minimum absolute atomic E-state index is 0.0540. The van der Waals surface area contributed by atoms with Gasteiger partial charge in [-0.15, -0.1) is 0 Å². The Balaban J connectivity index is 1.57. The van der Waals surface area contributed by atoms with E-state index in [4.69, 9.17) is 14.2 Å². The van der Waals surface area contributed by atoms with Crippen LogP contribution in [0.4, 0.5) is 0 Å². The van der Waals surface area contributed by atoms with Crippen LogP contribution in [0.15, 0.2) is 47.3 Å². The Morgan fingerprint density at radius 2 is 1.81 bits per heavy atom. The van der Waals surface area contributed by atoms with Crippen LogP contribution in [-0.2, 0) is 6.54 Å². The molecule has 0 fully saturated rings. The first-order valence-electron chi connectivity index (χ1n) is 12.5. The van der Waals surface area contributed by atoms with E-state index in [9.17, 15) is 20.0 Å². The smallest absolute Gasteiger partial charge is 0.271 e. The van der Waals surface area contributed by atoms with Crippen LogP contribution in [-0.4, -0.2) is 28.9 Å². The molecule has 1 N–H and O–H groups in total. The molecule has 0 amide bonds. The van der Waals surface area contributed by atoms with Crippen LogP contribution in [0.5, 0.6) is 23.1 Å². The van der Waals surface area contributed by atoms with E-state index >= 15 is 0 Å². The van der Waals surface area contributed by atoms with E-state index in [1.807, 2.05) is 6.07 Å². The summed E-state index contributed by atoms with van der Waals surface area (Å²) in [5, 5.41) is 20.7. The number of nitriles is 1. The molecule has 8 heteroatoms. The summed E-state index contributed by atoms with van der Waals surface area (Å²) < 4.78 is 17.5. The van der Waals surface area contributed by atoms with Crippen LogP contribution in [0, 0.1) is 18.3 Å². The summed E-state index contributed by atoms with van der Waals surface area (Å²) >= 11 is 0. The number of hydrogen-bond donors (Lipinski definition) is 1. The highest BCUT2D eigenvalue weighted by Gasteiger charge is 2.25. The van der Waals surface area contributed by atoms with Gasteiger partial charge >= 0.3 is 0 Å². The van der Waals surface area contributed by atoms with Crippen molar-refractivity contribution in [3.8, 4) is 29.2 Å². The van der Waals surface area contributed by atoms with E-state index in [0.29, 0.717) is 35.0 Å². The zero-order chi connectivity index (χ0) is 26.4. The standard InChI is InChI=1S/C29H30N2O6/c1-3-4-5-6-7-14-35-22-11-9-21(10-12-22)27(32)26-19(2)23(16-30)28(33)31(29(26)34)17-20-8-13-24-25(15-20)37-18-36-24/h8-13,15,34H,3-7,14,17-18H2,1-2H3. The van der Waals surface area contributed by atoms with Crippen LogP contribution in [0.3, 0.4) is 0 Å². The zero-order valence-corrected chi connectivity index (χ0v) is 21.1. The molecule has 0 atom stereocenters. The van der Waals surface area contributed by atoms with Crippen molar-refractivity contribution in [2.75, 3.05) is 13.4 Å². The summed E-state index contributed by atoms with van der Waals surface area (Å²) in [6.07, 6.45) is 5.69. The van der Waals surface area contributed by atoms with E-state index in [-0.39, 0.29) is 30.0 Å². The van der Waals surface area contributed by atoms with Crippen molar-refractivity contribution in [1.29, 1.82) is 5.26 Å². The van der Waals surface area contributed by atoms with Gasteiger partial charge in [0.2, 0.25) is 12.7 Å². The number of ether oxygens (including phenoxy) is 3. The Kier molecular flexibility index (Phi) is 8.14. The van der Waals surface area contributed by atoms with E-state index in [0.717, 1.165) is 17.4 Å². The van der Waals surface area contributed by atoms with Gasteiger partial charge in [-0.25, -0.2) is 0 Å². The molecule has 0 spiro atoms. The van der Waals surface area contributed by atoms with E-state index in [1.165, 1.54) is 26.2 Å². The molecule has 3 aromatic rings. The second-order valence-corrected chi connectivity index (χ2v) is 9.01. The summed E-state index contributed by atoms with van der Waals surface area (Å²) in [5.74, 6) is 0.783. The topological polar surface area (TPSA) is 111 Å². The maximum absolute atomic E-state index is 13.4. The van der Waals surface area contributed by atoms with Crippen LogP contribution < -0.4 is 19.8 Å². The Labute approximate surface area is 215 Å². The molecule has 0 aliphatic carbocycles. The van der Waals surface area contributed by atoms with Crippen molar-refractivity contribution in [3.05, 3.63) is 80.6 Å². The number of rotatable bonds is 11. The van der Waals surface area contributed by atoms with Gasteiger partial charge in [0.25, 0.3) is 5.56 Å². The highest BCUT2D eigenvalue weighted by Crippen LogP contribution is 2.33. The molecule has 0 radical (unpaired) electrons. The average Bonchev–Trinajstić information content (AvgIpc) is 3.37. The SMILES string of the molecule is CCCCCCCOc1ccc(C(=O)c2c(C)c(C#N)c(=O)n(Cc3ccc4c(c3)OCO4)c2O)cc1. The third-order valence-corrected chi connectivity index (χ3v) is 6.44. The number of nitrogens with zero attached hydrogens (tertiary/aromatic N) is 2. The lowest BCUT2D eigenvalue weighted by molar-refractivity contribution is 0.103. The molecule has 2 heterocycles. The first-order valence-corrected chi connectivity index (χ1v) is 12.5. The van der Waals surface area contributed by atoms with Crippen molar-refractivity contribution in [1.82, 2.24) is 4.57 Å². The number of hydrogen-bond acceptors (Lipinski definition) is 7. The predicted molar refractivity (Wildman–Crippen MR) is 138 cm³/mol. The maximum atomic E-state index is 13.4. The second kappa shape index (κ2) is 11.7. The number of carbonyl (C=O) groups excluding carboxylic acids is 1. The first kappa shape index (κ1) is 25.8. The Bertz CT molecular complexity index is 1390. The summed E-state index contributed by atoms with van der Waals surface area (Å²) in [5.41, 5.74) is 0.153. The van der Waals surface area contributed by atoms with Crippen LogP contribution in [0.25, 0.3) is 0 Å². The van der Waals surface area contributed by atoms with Gasteiger partial charge in [-0.2, -0.15) is 5.26 Å². The molecule has 4 rings (SSSR count). The van der Waals surface area contributed by atoms with Gasteiger partial charge in [0, 0.05) is 5.56 Å². The molecule has 37 heavy (non-hydrogen) atoms. The summed E-state index contributed by atoms with van der Waals surface area (Å²) in [4.78, 5) is 26.5. The molecule has 0 unspecified atom stereocenters. The number of aromatic nitrogens is 1. The van der Waals surface area contributed by atoms with Crippen LogP contribution in [0.2, 0.25) is 0 Å². The zero-order valence-electron chi connectivity index (χ0n) is 21.1. The molecule has 1 aliphatic heterocycles. The number of pyridine rings is 1. The van der Waals surface area contributed by atoms with Crippen LogP contribution in [0.1, 0.15) is 71.6 Å². The summed E-state index contributed by atoms with van der Waals surface area (Å²) in [6, 6.07) is 13.7. The first-order chi connectivity index (χ1) is 17.9. The average molecular weight is 503 g/mol. The number of unbranched alkanes of at least 4 members (excludes halogenated alkanes) is 4. The number of aromatic hydroxyl groups is 1. The highest BCUT2D eigenvalue weighted by atomic mass is 16.7. The molecule has 2 aromatic carbocycles. The fraction of sp³-hybridized carbons (Fsp3) is 0.345. The van der Waals surface area contributed by atoms with Gasteiger partial charge in [0.15, 0.2) is 17.3 Å². The molecule has 0 saturated heterocycles. The molecular weight excluding hydrogens is 472 g/mol. The lowest BCUT2D eigenvalue weighted by atomic mass is 9.97. The van der Waals surface area contributed by atoms with E-state index < -0.39 is 17.2 Å². The summed E-state index contributed by atoms with van der Waals surface area (Å²) in [6.45, 7) is 4.33. The Morgan fingerprint density at radius 1 is 1.08 bits per heavy atom. The Hall–Kier alpha value is -4.25. The fourth-order valence-corrected chi connectivity index (χ4v) is 4.33. The molecule has 0 bridgehead atoms. The van der Waals surface area contributed by atoms with Gasteiger partial charge in [0.05, 0.1) is 18.7 Å². The van der Waals surface area contributed by atoms with Crippen molar-refractivity contribution >= 4 is 5.78 Å². The minimum atomic E-state index is -0.672. The third kappa shape index (κ3) is 5.61. The van der Waals surface area contributed by atoms with Crippen molar-refractivity contribution < 1.29 is 24.1 Å². The lowest BCUT2D eigenvalue weighted by Gasteiger charge is -2.16. The predicted octanol–water partition coefficient (Wildman–Crippen LogP) is 5.09. The minimum Gasteiger partial charge on any atom is -0.494 e. The van der Waals surface area contributed by atoms with Crippen LogP contribution >= 0.6 is 0 Å².